The Hall–Kier alpha value is -3.62. The topological polar surface area (TPSA) is 69.0 Å². The number of amides is 1. The predicted octanol–water partition coefficient (Wildman–Crippen LogP) is 5.53. The van der Waals surface area contributed by atoms with Crippen molar-refractivity contribution in [3.05, 3.63) is 65.5 Å². The number of aryl methyl sites for hydroxylation is 2. The van der Waals surface area contributed by atoms with E-state index in [4.69, 9.17) is 0 Å². The van der Waals surface area contributed by atoms with E-state index in [1.165, 1.54) is 30.4 Å². The number of fused-ring (bicyclic) bond motifs is 1. The molecule has 0 unspecified atom stereocenters. The van der Waals surface area contributed by atoms with Crippen LogP contribution in [0.1, 0.15) is 36.2 Å². The lowest BCUT2D eigenvalue weighted by Crippen LogP contribution is -2.17. The molecule has 4 rings (SSSR count). The van der Waals surface area contributed by atoms with Gasteiger partial charge < -0.3 is 14.6 Å². The lowest BCUT2D eigenvalue weighted by molar-refractivity contribution is -0.274. The van der Waals surface area contributed by atoms with E-state index in [1.807, 2.05) is 25.1 Å². The maximum atomic E-state index is 12.6. The standard InChI is InChI=1S/C24H23F3N4O2/c1-16-10-11-18(23-30-29-21-9-3-2-6-14-31(21)23)15-19(16)28-22(32)13-12-17-7-4-5-8-20(17)33-24(25,26)27/h4-5,7-8,10-13,15H,2-3,6,9,14H2,1H3,(H,28,32)/b13-12+. The number of ether oxygens (including phenoxy) is 1. The number of rotatable bonds is 5. The van der Waals surface area contributed by atoms with Gasteiger partial charge in [-0.1, -0.05) is 36.8 Å². The summed E-state index contributed by atoms with van der Waals surface area (Å²) in [4.78, 5) is 12.5. The molecule has 6 nitrogen and oxygen atoms in total. The van der Waals surface area contributed by atoms with E-state index in [0.717, 1.165) is 55.0 Å². The summed E-state index contributed by atoms with van der Waals surface area (Å²) in [7, 11) is 0. The Bertz CT molecular complexity index is 1180. The largest absolute Gasteiger partial charge is 0.573 e. The van der Waals surface area contributed by atoms with E-state index in [1.54, 1.807) is 6.07 Å². The Kier molecular flexibility index (Phi) is 6.48. The van der Waals surface area contributed by atoms with Gasteiger partial charge in [-0.05, 0) is 43.5 Å². The number of nitrogens with zero attached hydrogens (tertiary/aromatic N) is 3. The number of para-hydroxylation sites is 1. The third kappa shape index (κ3) is 5.60. The Balaban J connectivity index is 1.53. The van der Waals surface area contributed by atoms with Crippen LogP contribution in [0.2, 0.25) is 0 Å². The fourth-order valence-electron chi connectivity index (χ4n) is 3.77. The Morgan fingerprint density at radius 1 is 1.12 bits per heavy atom. The van der Waals surface area contributed by atoms with Gasteiger partial charge in [0.1, 0.15) is 11.6 Å². The van der Waals surface area contributed by atoms with Crippen LogP contribution in [0.5, 0.6) is 5.75 Å². The summed E-state index contributed by atoms with van der Waals surface area (Å²) in [6.45, 7) is 2.72. The molecule has 0 saturated heterocycles. The zero-order valence-corrected chi connectivity index (χ0v) is 18.0. The van der Waals surface area contributed by atoms with Crippen LogP contribution < -0.4 is 10.1 Å². The molecule has 1 aliphatic rings. The minimum absolute atomic E-state index is 0.140. The minimum Gasteiger partial charge on any atom is -0.405 e. The smallest absolute Gasteiger partial charge is 0.405 e. The van der Waals surface area contributed by atoms with Gasteiger partial charge in [0.2, 0.25) is 5.91 Å². The SMILES string of the molecule is Cc1ccc(-c2nnc3n2CCCCC3)cc1NC(=O)/C=C/c1ccccc1OC(F)(F)F. The second-order valence-corrected chi connectivity index (χ2v) is 7.84. The molecule has 172 valence electrons. The highest BCUT2D eigenvalue weighted by atomic mass is 19.4. The monoisotopic (exact) mass is 456 g/mol. The van der Waals surface area contributed by atoms with Crippen molar-refractivity contribution < 1.29 is 22.7 Å². The first-order chi connectivity index (χ1) is 15.8. The number of alkyl halides is 3. The van der Waals surface area contributed by atoms with Crippen molar-refractivity contribution in [2.45, 2.75) is 45.5 Å². The molecule has 0 bridgehead atoms. The number of hydrogen-bond acceptors (Lipinski definition) is 4. The number of hydrogen-bond donors (Lipinski definition) is 1. The van der Waals surface area contributed by atoms with Crippen LogP contribution in [0.4, 0.5) is 18.9 Å². The molecule has 2 aromatic carbocycles. The number of carbonyl (C=O) groups excluding carboxylic acids is 1. The average molecular weight is 456 g/mol. The predicted molar refractivity (Wildman–Crippen MR) is 119 cm³/mol. The van der Waals surface area contributed by atoms with Crippen LogP contribution in [0.25, 0.3) is 17.5 Å². The molecule has 3 aromatic rings. The highest BCUT2D eigenvalue weighted by Crippen LogP contribution is 2.28. The number of benzene rings is 2. The summed E-state index contributed by atoms with van der Waals surface area (Å²) in [6, 6.07) is 11.3. The van der Waals surface area contributed by atoms with Crippen LogP contribution in [-0.2, 0) is 17.8 Å². The molecule has 0 atom stereocenters. The third-order valence-electron chi connectivity index (χ3n) is 5.42. The number of halogens is 3. The van der Waals surface area contributed by atoms with Crippen molar-refractivity contribution in [2.24, 2.45) is 0 Å². The third-order valence-corrected chi connectivity index (χ3v) is 5.42. The summed E-state index contributed by atoms with van der Waals surface area (Å²) < 4.78 is 43.9. The van der Waals surface area contributed by atoms with E-state index >= 15 is 0 Å². The number of anilines is 1. The molecule has 1 N–H and O–H groups in total. The second-order valence-electron chi connectivity index (χ2n) is 7.84. The number of carbonyl (C=O) groups is 1. The first kappa shape index (κ1) is 22.6. The minimum atomic E-state index is -4.82. The molecule has 9 heteroatoms. The van der Waals surface area contributed by atoms with Crippen LogP contribution in [-0.4, -0.2) is 27.0 Å². The fraction of sp³-hybridized carbons (Fsp3) is 0.292. The summed E-state index contributed by atoms with van der Waals surface area (Å²) in [5.41, 5.74) is 2.41. The second kappa shape index (κ2) is 9.48. The summed E-state index contributed by atoms with van der Waals surface area (Å²) in [5.74, 6) is 0.879. The van der Waals surface area contributed by atoms with E-state index < -0.39 is 12.3 Å². The van der Waals surface area contributed by atoms with Gasteiger partial charge in [0.25, 0.3) is 0 Å². The van der Waals surface area contributed by atoms with E-state index in [-0.39, 0.29) is 11.3 Å². The molecule has 0 fully saturated rings. The lowest BCUT2D eigenvalue weighted by atomic mass is 10.1. The summed E-state index contributed by atoms with van der Waals surface area (Å²) >= 11 is 0. The normalized spacial score (nSPS) is 14.1. The molecule has 0 spiro atoms. The zero-order valence-electron chi connectivity index (χ0n) is 18.0. The first-order valence-electron chi connectivity index (χ1n) is 10.7. The Morgan fingerprint density at radius 3 is 2.76 bits per heavy atom. The summed E-state index contributed by atoms with van der Waals surface area (Å²) in [6.07, 6.45) is 1.86. The van der Waals surface area contributed by atoms with Gasteiger partial charge in [0.15, 0.2) is 5.82 Å². The van der Waals surface area contributed by atoms with Gasteiger partial charge in [-0.3, -0.25) is 4.79 Å². The Morgan fingerprint density at radius 2 is 1.94 bits per heavy atom. The van der Waals surface area contributed by atoms with Crippen LogP contribution in [0.3, 0.4) is 0 Å². The maximum Gasteiger partial charge on any atom is 0.573 e. The highest BCUT2D eigenvalue weighted by Gasteiger charge is 2.31. The first-order valence-corrected chi connectivity index (χ1v) is 10.7. The molecule has 33 heavy (non-hydrogen) atoms. The summed E-state index contributed by atoms with van der Waals surface area (Å²) in [5, 5.41) is 11.5. The molecule has 1 aliphatic heterocycles. The highest BCUT2D eigenvalue weighted by molar-refractivity contribution is 6.02. The zero-order chi connectivity index (χ0) is 23.4. The van der Waals surface area contributed by atoms with Crippen LogP contribution >= 0.6 is 0 Å². The van der Waals surface area contributed by atoms with Crippen molar-refractivity contribution in [3.8, 4) is 17.1 Å². The quantitative estimate of drug-likeness (QED) is 0.513. The number of aromatic nitrogens is 3. The molecular weight excluding hydrogens is 433 g/mol. The molecule has 0 aliphatic carbocycles. The van der Waals surface area contributed by atoms with Crippen molar-refractivity contribution in [1.82, 2.24) is 14.8 Å². The molecule has 2 heterocycles. The fourth-order valence-corrected chi connectivity index (χ4v) is 3.77. The van der Waals surface area contributed by atoms with Crippen molar-refractivity contribution in [1.29, 1.82) is 0 Å². The molecular formula is C24H23F3N4O2. The Labute approximate surface area is 189 Å². The average Bonchev–Trinajstić information content (AvgIpc) is 3.01. The van der Waals surface area contributed by atoms with Gasteiger partial charge >= 0.3 is 6.36 Å². The molecule has 1 amide bonds. The van der Waals surface area contributed by atoms with Gasteiger partial charge in [0.05, 0.1) is 0 Å². The van der Waals surface area contributed by atoms with Gasteiger partial charge in [-0.15, -0.1) is 23.4 Å². The molecule has 0 saturated carbocycles. The number of nitrogens with one attached hydrogen (secondary N) is 1. The van der Waals surface area contributed by atoms with Crippen molar-refractivity contribution in [2.75, 3.05) is 5.32 Å². The van der Waals surface area contributed by atoms with E-state index in [2.05, 4.69) is 24.8 Å². The van der Waals surface area contributed by atoms with Gasteiger partial charge in [-0.25, -0.2) is 0 Å². The maximum absolute atomic E-state index is 12.6. The molecule has 0 radical (unpaired) electrons. The van der Waals surface area contributed by atoms with Gasteiger partial charge in [-0.2, -0.15) is 0 Å². The van der Waals surface area contributed by atoms with Crippen molar-refractivity contribution >= 4 is 17.7 Å². The lowest BCUT2D eigenvalue weighted by Gasteiger charge is -2.12. The van der Waals surface area contributed by atoms with Gasteiger partial charge in [0, 0.05) is 35.9 Å². The van der Waals surface area contributed by atoms with Crippen LogP contribution in [0, 0.1) is 6.92 Å². The van der Waals surface area contributed by atoms with Crippen LogP contribution in [0.15, 0.2) is 48.5 Å². The van der Waals surface area contributed by atoms with E-state index in [9.17, 15) is 18.0 Å². The molecule has 1 aromatic heterocycles. The van der Waals surface area contributed by atoms with Crippen molar-refractivity contribution in [3.63, 3.8) is 0 Å². The van der Waals surface area contributed by atoms with E-state index in [0.29, 0.717) is 5.69 Å².